The van der Waals surface area contributed by atoms with Crippen LogP contribution in [0.15, 0.2) is 24.3 Å². The summed E-state index contributed by atoms with van der Waals surface area (Å²) in [7, 11) is 0. The van der Waals surface area contributed by atoms with E-state index >= 15 is 0 Å². The van der Waals surface area contributed by atoms with Gasteiger partial charge in [0.25, 0.3) is 0 Å². The minimum atomic E-state index is -0.727. The highest BCUT2D eigenvalue weighted by Gasteiger charge is 2.26. The van der Waals surface area contributed by atoms with Crippen LogP contribution in [0.5, 0.6) is 0 Å². The van der Waals surface area contributed by atoms with Gasteiger partial charge in [-0.25, -0.2) is 0 Å². The Kier molecular flexibility index (Phi) is 4.56. The van der Waals surface area contributed by atoms with Gasteiger partial charge in [-0.15, -0.1) is 0 Å². The molecular weight excluding hydrogens is 240 g/mol. The van der Waals surface area contributed by atoms with Gasteiger partial charge in [0.2, 0.25) is 0 Å². The third kappa shape index (κ3) is 4.04. The average Bonchev–Trinajstić information content (AvgIpc) is 2.30. The van der Waals surface area contributed by atoms with E-state index in [0.29, 0.717) is 0 Å². The van der Waals surface area contributed by atoms with Gasteiger partial charge in [-0.1, -0.05) is 24.3 Å². The van der Waals surface area contributed by atoms with Crippen LogP contribution in [0, 0.1) is 12.8 Å². The predicted molar refractivity (Wildman–Crippen MR) is 74.8 cm³/mol. The molecule has 2 unspecified atom stereocenters. The third-order valence-corrected chi connectivity index (χ3v) is 3.76. The molecule has 4 heteroatoms. The summed E-state index contributed by atoms with van der Waals surface area (Å²) in [5, 5.41) is 8.91. The van der Waals surface area contributed by atoms with Crippen molar-refractivity contribution in [3.63, 3.8) is 0 Å². The minimum absolute atomic E-state index is 0.0853. The SMILES string of the molecule is Cc1ccccc1CN1CC(N)CC(CC(=O)O)C1. The molecule has 0 amide bonds. The first-order valence-electron chi connectivity index (χ1n) is 6.79. The Morgan fingerprint density at radius 3 is 2.84 bits per heavy atom. The van der Waals surface area contributed by atoms with Crippen molar-refractivity contribution in [3.05, 3.63) is 35.4 Å². The van der Waals surface area contributed by atoms with Gasteiger partial charge in [-0.3, -0.25) is 9.69 Å². The fourth-order valence-corrected chi connectivity index (χ4v) is 2.90. The molecule has 2 rings (SSSR count). The van der Waals surface area contributed by atoms with Crippen LogP contribution >= 0.6 is 0 Å². The lowest BCUT2D eigenvalue weighted by atomic mass is 9.91. The zero-order valence-electron chi connectivity index (χ0n) is 11.4. The highest BCUT2D eigenvalue weighted by molar-refractivity contribution is 5.67. The second kappa shape index (κ2) is 6.17. The van der Waals surface area contributed by atoms with E-state index in [0.717, 1.165) is 26.1 Å². The highest BCUT2D eigenvalue weighted by Crippen LogP contribution is 2.21. The number of likely N-dealkylation sites (tertiary alicyclic amines) is 1. The molecule has 1 saturated heterocycles. The molecule has 0 bridgehead atoms. The molecular formula is C15H22N2O2. The molecule has 1 aliphatic rings. The molecule has 0 spiro atoms. The molecule has 0 saturated carbocycles. The minimum Gasteiger partial charge on any atom is -0.481 e. The third-order valence-electron chi connectivity index (χ3n) is 3.76. The maximum Gasteiger partial charge on any atom is 0.303 e. The number of hydrogen-bond acceptors (Lipinski definition) is 3. The Bertz CT molecular complexity index is 448. The first-order valence-corrected chi connectivity index (χ1v) is 6.79. The summed E-state index contributed by atoms with van der Waals surface area (Å²) < 4.78 is 0. The van der Waals surface area contributed by atoms with Gasteiger partial charge in [0.15, 0.2) is 0 Å². The quantitative estimate of drug-likeness (QED) is 0.865. The first kappa shape index (κ1) is 14.0. The van der Waals surface area contributed by atoms with E-state index in [1.807, 2.05) is 12.1 Å². The topological polar surface area (TPSA) is 66.6 Å². The monoisotopic (exact) mass is 262 g/mol. The van der Waals surface area contributed by atoms with Crippen LogP contribution < -0.4 is 5.73 Å². The van der Waals surface area contributed by atoms with E-state index in [1.54, 1.807) is 0 Å². The second-order valence-corrected chi connectivity index (χ2v) is 5.58. The standard InChI is InChI=1S/C15H22N2O2/c1-11-4-2-3-5-13(11)9-17-8-12(7-15(18)19)6-14(16)10-17/h2-5,12,14H,6-10,16H2,1H3,(H,18,19). The molecule has 19 heavy (non-hydrogen) atoms. The molecule has 1 heterocycles. The second-order valence-electron chi connectivity index (χ2n) is 5.58. The number of rotatable bonds is 4. The number of piperidine rings is 1. The largest absolute Gasteiger partial charge is 0.481 e. The summed E-state index contributed by atoms with van der Waals surface area (Å²) in [6.45, 7) is 4.64. The van der Waals surface area contributed by atoms with Crippen LogP contribution in [-0.2, 0) is 11.3 Å². The summed E-state index contributed by atoms with van der Waals surface area (Å²) in [4.78, 5) is 13.1. The number of benzene rings is 1. The zero-order valence-corrected chi connectivity index (χ0v) is 11.4. The molecule has 1 fully saturated rings. The predicted octanol–water partition coefficient (Wildman–Crippen LogP) is 1.62. The van der Waals surface area contributed by atoms with Crippen molar-refractivity contribution in [2.75, 3.05) is 13.1 Å². The van der Waals surface area contributed by atoms with Crippen LogP contribution in [0.25, 0.3) is 0 Å². The highest BCUT2D eigenvalue weighted by atomic mass is 16.4. The van der Waals surface area contributed by atoms with E-state index in [-0.39, 0.29) is 18.4 Å². The molecule has 4 nitrogen and oxygen atoms in total. The van der Waals surface area contributed by atoms with Crippen LogP contribution in [-0.4, -0.2) is 35.1 Å². The molecule has 0 aromatic heterocycles. The van der Waals surface area contributed by atoms with E-state index in [1.165, 1.54) is 11.1 Å². The summed E-state index contributed by atoms with van der Waals surface area (Å²) in [6, 6.07) is 8.40. The number of hydrogen-bond donors (Lipinski definition) is 2. The number of aryl methyl sites for hydroxylation is 1. The summed E-state index contributed by atoms with van der Waals surface area (Å²) in [5.41, 5.74) is 8.62. The van der Waals surface area contributed by atoms with Crippen LogP contribution in [0.4, 0.5) is 0 Å². The van der Waals surface area contributed by atoms with Crippen LogP contribution in [0.2, 0.25) is 0 Å². The van der Waals surface area contributed by atoms with Crippen molar-refractivity contribution >= 4 is 5.97 Å². The number of carboxylic acid groups (broad SMARTS) is 1. The van der Waals surface area contributed by atoms with Gasteiger partial charge in [0, 0.05) is 32.1 Å². The number of nitrogens with zero attached hydrogens (tertiary/aromatic N) is 1. The summed E-state index contributed by atoms with van der Waals surface area (Å²) >= 11 is 0. The smallest absolute Gasteiger partial charge is 0.303 e. The van der Waals surface area contributed by atoms with Crippen molar-refractivity contribution in [3.8, 4) is 0 Å². The fourth-order valence-electron chi connectivity index (χ4n) is 2.90. The van der Waals surface area contributed by atoms with Gasteiger partial charge in [-0.05, 0) is 30.4 Å². The van der Waals surface area contributed by atoms with Crippen molar-refractivity contribution in [2.45, 2.75) is 32.4 Å². The fraction of sp³-hybridized carbons (Fsp3) is 0.533. The molecule has 1 aromatic rings. The molecule has 3 N–H and O–H groups in total. The maximum absolute atomic E-state index is 10.8. The van der Waals surface area contributed by atoms with E-state index in [9.17, 15) is 4.79 Å². The van der Waals surface area contributed by atoms with Crippen molar-refractivity contribution in [1.82, 2.24) is 4.90 Å². The van der Waals surface area contributed by atoms with Crippen molar-refractivity contribution in [1.29, 1.82) is 0 Å². The van der Waals surface area contributed by atoms with Gasteiger partial charge in [-0.2, -0.15) is 0 Å². The summed E-state index contributed by atoms with van der Waals surface area (Å²) in [5.74, 6) is -0.555. The summed E-state index contributed by atoms with van der Waals surface area (Å²) in [6.07, 6.45) is 1.04. The molecule has 1 aliphatic heterocycles. The van der Waals surface area contributed by atoms with Crippen molar-refractivity contribution < 1.29 is 9.90 Å². The number of carbonyl (C=O) groups is 1. The molecule has 1 aromatic carbocycles. The van der Waals surface area contributed by atoms with Gasteiger partial charge in [0.1, 0.15) is 0 Å². The Morgan fingerprint density at radius 2 is 2.16 bits per heavy atom. The van der Waals surface area contributed by atoms with Gasteiger partial charge in [0.05, 0.1) is 0 Å². The van der Waals surface area contributed by atoms with E-state index < -0.39 is 5.97 Å². The Morgan fingerprint density at radius 1 is 1.42 bits per heavy atom. The first-order chi connectivity index (χ1) is 9.04. The normalized spacial score (nSPS) is 24.3. The maximum atomic E-state index is 10.8. The zero-order chi connectivity index (χ0) is 13.8. The molecule has 104 valence electrons. The number of carboxylic acids is 1. The van der Waals surface area contributed by atoms with Crippen LogP contribution in [0.1, 0.15) is 24.0 Å². The lowest BCUT2D eigenvalue weighted by Crippen LogP contribution is -2.47. The van der Waals surface area contributed by atoms with Crippen LogP contribution in [0.3, 0.4) is 0 Å². The van der Waals surface area contributed by atoms with E-state index in [2.05, 4.69) is 24.0 Å². The Labute approximate surface area is 114 Å². The Balaban J connectivity index is 2.00. The van der Waals surface area contributed by atoms with Gasteiger partial charge >= 0.3 is 5.97 Å². The van der Waals surface area contributed by atoms with Gasteiger partial charge < -0.3 is 10.8 Å². The average molecular weight is 262 g/mol. The number of aliphatic carboxylic acids is 1. The van der Waals surface area contributed by atoms with E-state index in [4.69, 9.17) is 10.8 Å². The van der Waals surface area contributed by atoms with Crippen molar-refractivity contribution in [2.24, 2.45) is 11.7 Å². The lowest BCUT2D eigenvalue weighted by Gasteiger charge is -2.36. The Hall–Kier alpha value is -1.39. The molecule has 0 radical (unpaired) electrons. The lowest BCUT2D eigenvalue weighted by molar-refractivity contribution is -0.138. The molecule has 0 aliphatic carbocycles. The molecule has 2 atom stereocenters. The number of nitrogens with two attached hydrogens (primary N) is 1.